The van der Waals surface area contributed by atoms with Gasteiger partial charge in [-0.15, -0.1) is 12.4 Å². The van der Waals surface area contributed by atoms with Crippen molar-refractivity contribution >= 4 is 18.3 Å². The molecule has 0 radical (unpaired) electrons. The summed E-state index contributed by atoms with van der Waals surface area (Å²) in [5.74, 6) is 2.40. The van der Waals surface area contributed by atoms with Crippen molar-refractivity contribution in [2.24, 2.45) is 0 Å². The van der Waals surface area contributed by atoms with Crippen molar-refractivity contribution in [2.45, 2.75) is 51.5 Å². The van der Waals surface area contributed by atoms with E-state index < -0.39 is 0 Å². The van der Waals surface area contributed by atoms with E-state index >= 15 is 0 Å². The molecule has 28 heavy (non-hydrogen) atoms. The third-order valence-electron chi connectivity index (χ3n) is 5.23. The monoisotopic (exact) mass is 404 g/mol. The summed E-state index contributed by atoms with van der Waals surface area (Å²) in [6.45, 7) is 2.43. The second kappa shape index (κ2) is 11.3. The zero-order valence-corrected chi connectivity index (χ0v) is 18.0. The molecule has 0 saturated heterocycles. The number of aryl methyl sites for hydroxylation is 1. The number of halogens is 1. The van der Waals surface area contributed by atoms with E-state index in [0.717, 1.165) is 69.7 Å². The molecule has 5 heteroatoms. The van der Waals surface area contributed by atoms with Crippen LogP contribution in [-0.2, 0) is 30.6 Å². The minimum atomic E-state index is 0. The van der Waals surface area contributed by atoms with E-state index in [1.165, 1.54) is 11.1 Å². The van der Waals surface area contributed by atoms with Crippen LogP contribution in [0.1, 0.15) is 48.3 Å². The van der Waals surface area contributed by atoms with Gasteiger partial charge in [0.1, 0.15) is 11.5 Å². The van der Waals surface area contributed by atoms with Crippen molar-refractivity contribution < 1.29 is 9.21 Å². The van der Waals surface area contributed by atoms with Crippen LogP contribution in [0.3, 0.4) is 0 Å². The Morgan fingerprint density at radius 2 is 1.82 bits per heavy atom. The summed E-state index contributed by atoms with van der Waals surface area (Å²) in [5, 5.41) is 0. The lowest BCUT2D eigenvalue weighted by atomic mass is 10.1. The number of hydrogen-bond acceptors (Lipinski definition) is 3. The number of furan rings is 1. The Balaban J connectivity index is 0.00000280. The second-order valence-electron chi connectivity index (χ2n) is 7.83. The molecule has 0 bridgehead atoms. The highest BCUT2D eigenvalue weighted by Gasteiger charge is 2.21. The van der Waals surface area contributed by atoms with Crippen LogP contribution in [0.15, 0.2) is 40.8 Å². The molecule has 3 rings (SSSR count). The Labute approximate surface area is 175 Å². The lowest BCUT2D eigenvalue weighted by Gasteiger charge is -2.20. The van der Waals surface area contributed by atoms with Gasteiger partial charge in [-0.3, -0.25) is 4.79 Å². The molecular weight excluding hydrogens is 372 g/mol. The molecule has 4 nitrogen and oxygen atoms in total. The van der Waals surface area contributed by atoms with Gasteiger partial charge in [0.05, 0.1) is 6.54 Å². The van der Waals surface area contributed by atoms with Crippen LogP contribution in [0.25, 0.3) is 0 Å². The average molecular weight is 405 g/mol. The first-order valence-electron chi connectivity index (χ1n) is 10.2. The molecule has 2 heterocycles. The third-order valence-corrected chi connectivity index (χ3v) is 5.23. The molecule has 2 aromatic rings. The van der Waals surface area contributed by atoms with E-state index in [4.69, 9.17) is 4.42 Å². The number of fused-ring (bicyclic) bond motifs is 1. The molecule has 1 amide bonds. The predicted molar refractivity (Wildman–Crippen MR) is 116 cm³/mol. The zero-order chi connectivity index (χ0) is 19.1. The summed E-state index contributed by atoms with van der Waals surface area (Å²) in [6, 6.07) is 12.8. The first-order chi connectivity index (χ1) is 13.1. The van der Waals surface area contributed by atoms with E-state index in [1.54, 1.807) is 0 Å². The molecule has 0 atom stereocenters. The number of hydrogen-bond donors (Lipinski definition) is 0. The van der Waals surface area contributed by atoms with Gasteiger partial charge in [0.2, 0.25) is 5.91 Å². The van der Waals surface area contributed by atoms with E-state index in [9.17, 15) is 4.79 Å². The first kappa shape index (κ1) is 22.5. The Kier molecular flexibility index (Phi) is 9.07. The fourth-order valence-electron chi connectivity index (χ4n) is 3.78. The molecule has 0 fully saturated rings. The highest BCUT2D eigenvalue weighted by molar-refractivity contribution is 5.85. The molecule has 1 aromatic heterocycles. The number of carbonyl (C=O) groups excluding carboxylic acids is 1. The quantitative estimate of drug-likeness (QED) is 0.608. The molecule has 0 spiro atoms. The molecule has 1 aromatic carbocycles. The van der Waals surface area contributed by atoms with Gasteiger partial charge in [-0.05, 0) is 57.0 Å². The third kappa shape index (κ3) is 6.68. The van der Waals surface area contributed by atoms with Crippen LogP contribution >= 0.6 is 12.4 Å². The Hall–Kier alpha value is -1.78. The minimum Gasteiger partial charge on any atom is -0.464 e. The first-order valence-corrected chi connectivity index (χ1v) is 10.2. The summed E-state index contributed by atoms with van der Waals surface area (Å²) in [4.78, 5) is 16.7. The van der Waals surface area contributed by atoms with E-state index in [-0.39, 0.29) is 12.4 Å². The van der Waals surface area contributed by atoms with Gasteiger partial charge in [0.25, 0.3) is 0 Å². The minimum absolute atomic E-state index is 0. The zero-order valence-electron chi connectivity index (χ0n) is 17.2. The van der Waals surface area contributed by atoms with Crippen LogP contribution in [-0.4, -0.2) is 42.9 Å². The largest absolute Gasteiger partial charge is 0.464 e. The number of nitrogens with zero attached hydrogens (tertiary/aromatic N) is 2. The second-order valence-corrected chi connectivity index (χ2v) is 7.83. The van der Waals surface area contributed by atoms with Crippen molar-refractivity contribution in [1.29, 1.82) is 0 Å². The van der Waals surface area contributed by atoms with E-state index in [1.807, 2.05) is 19.0 Å². The van der Waals surface area contributed by atoms with Gasteiger partial charge >= 0.3 is 0 Å². The number of carbonyl (C=O) groups is 1. The number of amides is 1. The van der Waals surface area contributed by atoms with Crippen LogP contribution in [0.4, 0.5) is 0 Å². The maximum atomic E-state index is 12.6. The number of unbranched alkanes of at least 4 members (excludes halogenated alkanes) is 2. The highest BCUT2D eigenvalue weighted by atomic mass is 35.5. The van der Waals surface area contributed by atoms with Crippen LogP contribution in [0.2, 0.25) is 0 Å². The normalized spacial score (nSPS) is 13.8. The summed E-state index contributed by atoms with van der Waals surface area (Å²) < 4.78 is 6.00. The number of rotatable bonds is 8. The maximum Gasteiger partial charge on any atom is 0.222 e. The average Bonchev–Trinajstić information content (AvgIpc) is 2.92. The molecule has 0 saturated carbocycles. The summed E-state index contributed by atoms with van der Waals surface area (Å²) in [6.07, 6.45) is 6.77. The van der Waals surface area contributed by atoms with Crippen molar-refractivity contribution in [3.8, 4) is 0 Å². The van der Waals surface area contributed by atoms with E-state index in [2.05, 4.69) is 41.3 Å². The Bertz CT molecular complexity index is 702. The summed E-state index contributed by atoms with van der Waals surface area (Å²) >= 11 is 0. The van der Waals surface area contributed by atoms with Gasteiger partial charge in [0.15, 0.2) is 0 Å². The SMILES string of the molecule is CN(C)Cc1cc2c(o1)CCN(C(=O)CCCCCc1ccccc1)CC2.Cl. The molecule has 0 unspecified atom stereocenters. The number of benzene rings is 1. The van der Waals surface area contributed by atoms with Crippen LogP contribution in [0, 0.1) is 0 Å². The maximum absolute atomic E-state index is 12.6. The molecule has 154 valence electrons. The molecule has 1 aliphatic rings. The van der Waals surface area contributed by atoms with Crippen LogP contribution < -0.4 is 0 Å². The van der Waals surface area contributed by atoms with Crippen molar-refractivity contribution in [2.75, 3.05) is 27.2 Å². The van der Waals surface area contributed by atoms with Gasteiger partial charge < -0.3 is 14.2 Å². The topological polar surface area (TPSA) is 36.7 Å². The predicted octanol–water partition coefficient (Wildman–Crippen LogP) is 4.49. The van der Waals surface area contributed by atoms with Crippen molar-refractivity contribution in [3.05, 3.63) is 59.0 Å². The Morgan fingerprint density at radius 1 is 1.07 bits per heavy atom. The van der Waals surface area contributed by atoms with Crippen molar-refractivity contribution in [3.63, 3.8) is 0 Å². The fourth-order valence-corrected chi connectivity index (χ4v) is 3.78. The summed E-state index contributed by atoms with van der Waals surface area (Å²) in [7, 11) is 4.10. The lowest BCUT2D eigenvalue weighted by molar-refractivity contribution is -0.131. The van der Waals surface area contributed by atoms with Gasteiger partial charge in [0, 0.05) is 25.9 Å². The highest BCUT2D eigenvalue weighted by Crippen LogP contribution is 2.22. The van der Waals surface area contributed by atoms with Gasteiger partial charge in [-0.2, -0.15) is 0 Å². The molecule has 1 aliphatic heterocycles. The van der Waals surface area contributed by atoms with E-state index in [0.29, 0.717) is 12.3 Å². The molecule has 0 N–H and O–H groups in total. The summed E-state index contributed by atoms with van der Waals surface area (Å²) in [5.41, 5.74) is 2.67. The molecular formula is C23H33ClN2O2. The van der Waals surface area contributed by atoms with Gasteiger partial charge in [-0.25, -0.2) is 0 Å². The Morgan fingerprint density at radius 3 is 2.57 bits per heavy atom. The van der Waals surface area contributed by atoms with Crippen molar-refractivity contribution in [1.82, 2.24) is 9.80 Å². The van der Waals surface area contributed by atoms with Gasteiger partial charge in [-0.1, -0.05) is 36.8 Å². The van der Waals surface area contributed by atoms with Crippen LogP contribution in [0.5, 0.6) is 0 Å². The fraction of sp³-hybridized carbons (Fsp3) is 0.522. The molecule has 0 aliphatic carbocycles. The lowest BCUT2D eigenvalue weighted by Crippen LogP contribution is -2.33. The smallest absolute Gasteiger partial charge is 0.222 e. The standard InChI is InChI=1S/C23H32N2O2.ClH/c1-24(2)18-21-17-20-13-15-25(16-14-22(20)27-21)23(26)12-8-4-7-11-19-9-5-3-6-10-19;/h3,5-6,9-10,17H,4,7-8,11-16,18H2,1-2H3;1H.